The molecule has 0 radical (unpaired) electrons. The average Bonchev–Trinajstić information content (AvgIpc) is 2.33. The number of piperidine rings is 1. The van der Waals surface area contributed by atoms with E-state index < -0.39 is 0 Å². The molecule has 1 heterocycles. The van der Waals surface area contributed by atoms with Crippen LogP contribution in [0.15, 0.2) is 0 Å². The van der Waals surface area contributed by atoms with Gasteiger partial charge in [-0.3, -0.25) is 4.79 Å². The van der Waals surface area contributed by atoms with Gasteiger partial charge in [-0.05, 0) is 31.3 Å². The molecule has 0 unspecified atom stereocenters. The number of halogens is 1. The maximum atomic E-state index is 11.5. The number of nitrogens with one attached hydrogen (secondary N) is 2. The van der Waals surface area contributed by atoms with E-state index in [1.165, 1.54) is 0 Å². The highest BCUT2D eigenvalue weighted by Crippen LogP contribution is 2.26. The van der Waals surface area contributed by atoms with E-state index in [9.17, 15) is 4.79 Å². The Kier molecular flexibility index (Phi) is 9.36. The van der Waals surface area contributed by atoms with Crippen LogP contribution >= 0.6 is 12.4 Å². The third kappa shape index (κ3) is 7.16. The summed E-state index contributed by atoms with van der Waals surface area (Å²) in [5, 5.41) is 6.26. The lowest BCUT2D eigenvalue weighted by atomic mass is 9.81. The lowest BCUT2D eigenvalue weighted by molar-refractivity contribution is -0.126. The average molecular weight is 281 g/mol. The minimum Gasteiger partial charge on any atom is -0.382 e. The molecule has 0 bridgehead atoms. The van der Waals surface area contributed by atoms with Crippen molar-refractivity contribution in [2.45, 2.75) is 19.8 Å². The van der Waals surface area contributed by atoms with Crippen LogP contribution in [-0.2, 0) is 14.3 Å². The number of rotatable bonds is 7. The summed E-state index contributed by atoms with van der Waals surface area (Å²) in [6.07, 6.45) is 2.22. The first kappa shape index (κ1) is 17.6. The van der Waals surface area contributed by atoms with Crippen LogP contribution in [0.5, 0.6) is 0 Å². The maximum Gasteiger partial charge on any atom is 0.246 e. The monoisotopic (exact) mass is 280 g/mol. The predicted molar refractivity (Wildman–Crippen MR) is 73.2 cm³/mol. The van der Waals surface area contributed by atoms with E-state index in [2.05, 4.69) is 17.6 Å². The van der Waals surface area contributed by atoms with Gasteiger partial charge in [0.25, 0.3) is 0 Å². The van der Waals surface area contributed by atoms with Crippen LogP contribution in [-0.4, -0.2) is 52.5 Å². The molecular weight excluding hydrogens is 256 g/mol. The molecule has 0 aromatic heterocycles. The van der Waals surface area contributed by atoms with Gasteiger partial charge in [-0.15, -0.1) is 12.4 Å². The molecule has 0 aromatic carbocycles. The third-order valence-corrected chi connectivity index (χ3v) is 3.19. The van der Waals surface area contributed by atoms with Crippen molar-refractivity contribution in [2.24, 2.45) is 5.41 Å². The van der Waals surface area contributed by atoms with Gasteiger partial charge >= 0.3 is 0 Å². The molecule has 0 spiro atoms. The standard InChI is InChI=1S/C12H24N2O3.ClH/c1-12(3-5-13-6-4-12)10-14-11(15)9-17-8-7-16-2;/h13H,3-10H2,1-2H3,(H,14,15);1H. The summed E-state index contributed by atoms with van der Waals surface area (Å²) in [6, 6.07) is 0. The van der Waals surface area contributed by atoms with Gasteiger partial charge in [0, 0.05) is 13.7 Å². The van der Waals surface area contributed by atoms with Gasteiger partial charge in [0.2, 0.25) is 5.91 Å². The number of amides is 1. The second-order valence-electron chi connectivity index (χ2n) is 4.88. The smallest absolute Gasteiger partial charge is 0.246 e. The SMILES string of the molecule is COCCOCC(=O)NCC1(C)CCNCC1.Cl. The van der Waals surface area contributed by atoms with Crippen molar-refractivity contribution in [2.75, 3.05) is 46.6 Å². The Morgan fingerprint density at radius 1 is 1.33 bits per heavy atom. The summed E-state index contributed by atoms with van der Waals surface area (Å²) in [5.41, 5.74) is 0.230. The Morgan fingerprint density at radius 2 is 2.00 bits per heavy atom. The Bertz CT molecular complexity index is 233. The zero-order valence-corrected chi connectivity index (χ0v) is 12.1. The van der Waals surface area contributed by atoms with Crippen LogP contribution in [0, 0.1) is 5.41 Å². The molecule has 1 aliphatic rings. The summed E-state index contributed by atoms with van der Waals surface area (Å²) in [5.74, 6) is -0.0409. The summed E-state index contributed by atoms with van der Waals surface area (Å²) in [7, 11) is 1.61. The topological polar surface area (TPSA) is 59.6 Å². The number of methoxy groups -OCH3 is 1. The molecule has 1 rings (SSSR count). The van der Waals surface area contributed by atoms with Crippen molar-refractivity contribution >= 4 is 18.3 Å². The highest BCUT2D eigenvalue weighted by molar-refractivity contribution is 5.85. The van der Waals surface area contributed by atoms with E-state index in [1.54, 1.807) is 7.11 Å². The normalized spacial score (nSPS) is 17.9. The molecule has 1 aliphatic heterocycles. The lowest BCUT2D eigenvalue weighted by Crippen LogP contribution is -2.43. The number of carbonyl (C=O) groups excluding carboxylic acids is 1. The summed E-state index contributed by atoms with van der Waals surface area (Å²) >= 11 is 0. The molecule has 1 saturated heterocycles. The molecule has 0 aromatic rings. The van der Waals surface area contributed by atoms with Crippen molar-refractivity contribution < 1.29 is 14.3 Å². The van der Waals surface area contributed by atoms with Gasteiger partial charge in [0.15, 0.2) is 0 Å². The van der Waals surface area contributed by atoms with E-state index in [0.717, 1.165) is 32.5 Å². The van der Waals surface area contributed by atoms with Crippen LogP contribution in [0.3, 0.4) is 0 Å². The quantitative estimate of drug-likeness (QED) is 0.670. The molecule has 1 fully saturated rings. The van der Waals surface area contributed by atoms with Gasteiger partial charge in [0.05, 0.1) is 13.2 Å². The van der Waals surface area contributed by atoms with Crippen LogP contribution in [0.4, 0.5) is 0 Å². The third-order valence-electron chi connectivity index (χ3n) is 3.19. The maximum absolute atomic E-state index is 11.5. The van der Waals surface area contributed by atoms with Crippen molar-refractivity contribution in [3.8, 4) is 0 Å². The van der Waals surface area contributed by atoms with Crippen LogP contribution in [0.2, 0.25) is 0 Å². The van der Waals surface area contributed by atoms with Crippen molar-refractivity contribution in [1.29, 1.82) is 0 Å². The van der Waals surface area contributed by atoms with E-state index in [1.807, 2.05) is 0 Å². The molecule has 5 nitrogen and oxygen atoms in total. The van der Waals surface area contributed by atoms with Gasteiger partial charge in [-0.25, -0.2) is 0 Å². The first-order valence-corrected chi connectivity index (χ1v) is 6.20. The van der Waals surface area contributed by atoms with Crippen LogP contribution in [0.25, 0.3) is 0 Å². The van der Waals surface area contributed by atoms with Gasteiger partial charge < -0.3 is 20.1 Å². The molecule has 0 aliphatic carbocycles. The number of hydrogen-bond acceptors (Lipinski definition) is 4. The number of carbonyl (C=O) groups is 1. The minimum atomic E-state index is -0.0409. The predicted octanol–water partition coefficient (Wildman–Crippen LogP) is 0.577. The van der Waals surface area contributed by atoms with Crippen molar-refractivity contribution in [3.05, 3.63) is 0 Å². The zero-order valence-electron chi connectivity index (χ0n) is 11.3. The molecule has 0 saturated carbocycles. The first-order valence-electron chi connectivity index (χ1n) is 6.20. The number of hydrogen-bond donors (Lipinski definition) is 2. The fourth-order valence-electron chi connectivity index (χ4n) is 1.88. The fourth-order valence-corrected chi connectivity index (χ4v) is 1.88. The molecule has 0 atom stereocenters. The number of ether oxygens (including phenoxy) is 2. The van der Waals surface area contributed by atoms with E-state index in [4.69, 9.17) is 9.47 Å². The highest BCUT2D eigenvalue weighted by Gasteiger charge is 2.26. The summed E-state index contributed by atoms with van der Waals surface area (Å²) in [4.78, 5) is 11.5. The van der Waals surface area contributed by atoms with E-state index in [-0.39, 0.29) is 30.3 Å². The molecule has 18 heavy (non-hydrogen) atoms. The largest absolute Gasteiger partial charge is 0.382 e. The zero-order chi connectivity index (χ0) is 12.6. The molecule has 6 heteroatoms. The van der Waals surface area contributed by atoms with Gasteiger partial charge in [-0.2, -0.15) is 0 Å². The fraction of sp³-hybridized carbons (Fsp3) is 0.917. The van der Waals surface area contributed by atoms with E-state index >= 15 is 0 Å². The second kappa shape index (κ2) is 9.55. The van der Waals surface area contributed by atoms with Gasteiger partial charge in [-0.1, -0.05) is 6.92 Å². The summed E-state index contributed by atoms with van der Waals surface area (Å²) in [6.45, 7) is 6.15. The summed E-state index contributed by atoms with van der Waals surface area (Å²) < 4.78 is 9.99. The van der Waals surface area contributed by atoms with Gasteiger partial charge in [0.1, 0.15) is 6.61 Å². The van der Waals surface area contributed by atoms with Crippen molar-refractivity contribution in [1.82, 2.24) is 10.6 Å². The lowest BCUT2D eigenvalue weighted by Gasteiger charge is -2.34. The Labute approximate surface area is 115 Å². The molecular formula is C12H25ClN2O3. The molecule has 108 valence electrons. The van der Waals surface area contributed by atoms with Crippen LogP contribution < -0.4 is 10.6 Å². The Morgan fingerprint density at radius 3 is 2.61 bits per heavy atom. The highest BCUT2D eigenvalue weighted by atomic mass is 35.5. The minimum absolute atomic E-state index is 0. The van der Waals surface area contributed by atoms with Crippen molar-refractivity contribution in [3.63, 3.8) is 0 Å². The first-order chi connectivity index (χ1) is 8.16. The second-order valence-corrected chi connectivity index (χ2v) is 4.88. The Hall–Kier alpha value is -0.360. The van der Waals surface area contributed by atoms with E-state index in [0.29, 0.717) is 13.2 Å². The molecule has 2 N–H and O–H groups in total. The van der Waals surface area contributed by atoms with Crippen LogP contribution in [0.1, 0.15) is 19.8 Å². The molecule has 1 amide bonds. The Balaban J connectivity index is 0.00000289.